The number of amides is 1. The molecule has 10 heteroatoms. The third-order valence-corrected chi connectivity index (χ3v) is 6.49. The van der Waals surface area contributed by atoms with Crippen molar-refractivity contribution in [1.29, 1.82) is 0 Å². The molecule has 3 aromatic rings. The average Bonchev–Trinajstić information content (AvgIpc) is 3.06. The number of anilines is 1. The summed E-state index contributed by atoms with van der Waals surface area (Å²) in [6.45, 7) is 0.249. The van der Waals surface area contributed by atoms with E-state index in [0.29, 0.717) is 30.7 Å². The molecular formula is C23H14Cl2N2O4S2. The van der Waals surface area contributed by atoms with Crippen molar-refractivity contribution in [3.05, 3.63) is 103 Å². The highest BCUT2D eigenvalue weighted by Crippen LogP contribution is 2.39. The number of nitro groups is 1. The SMILES string of the molecule is O=C1/C(=C/c2cccc(OCc3ccc([N+](=O)[O-])cc3)c2)SC(=S)N1c1ccc(Cl)cc1Cl. The summed E-state index contributed by atoms with van der Waals surface area (Å²) >= 11 is 18.8. The number of halogens is 2. The van der Waals surface area contributed by atoms with Crippen molar-refractivity contribution in [2.45, 2.75) is 6.61 Å². The van der Waals surface area contributed by atoms with Crippen molar-refractivity contribution in [2.24, 2.45) is 0 Å². The van der Waals surface area contributed by atoms with Crippen molar-refractivity contribution in [3.8, 4) is 5.75 Å². The van der Waals surface area contributed by atoms with Gasteiger partial charge in [-0.25, -0.2) is 0 Å². The third-order valence-electron chi connectivity index (χ3n) is 4.65. The minimum absolute atomic E-state index is 0.0259. The van der Waals surface area contributed by atoms with Gasteiger partial charge in [-0.1, -0.05) is 59.3 Å². The first-order valence-corrected chi connectivity index (χ1v) is 11.5. The van der Waals surface area contributed by atoms with E-state index in [2.05, 4.69) is 0 Å². The average molecular weight is 517 g/mol. The second kappa shape index (κ2) is 9.93. The first-order chi connectivity index (χ1) is 15.8. The van der Waals surface area contributed by atoms with Crippen LogP contribution in [-0.2, 0) is 11.4 Å². The maximum Gasteiger partial charge on any atom is 0.270 e. The Morgan fingerprint density at radius 1 is 1.09 bits per heavy atom. The standard InChI is InChI=1S/C23H14Cl2N2O4S2/c24-16-6-9-20(19(25)12-16)26-22(28)21(33-23(26)32)11-15-2-1-3-18(10-15)31-13-14-4-7-17(8-5-14)27(29)30/h1-12H,13H2/b21-11-. The van der Waals surface area contributed by atoms with Gasteiger partial charge in [0.25, 0.3) is 11.6 Å². The van der Waals surface area contributed by atoms with E-state index in [0.717, 1.165) is 11.1 Å². The topological polar surface area (TPSA) is 72.7 Å². The molecule has 0 saturated carbocycles. The van der Waals surface area contributed by atoms with Gasteiger partial charge in [0.15, 0.2) is 4.32 Å². The fourth-order valence-corrected chi connectivity index (χ4v) is 4.84. The van der Waals surface area contributed by atoms with Crippen LogP contribution in [0.3, 0.4) is 0 Å². The minimum Gasteiger partial charge on any atom is -0.489 e. The van der Waals surface area contributed by atoms with Crippen LogP contribution < -0.4 is 9.64 Å². The van der Waals surface area contributed by atoms with Crippen LogP contribution in [0.1, 0.15) is 11.1 Å². The molecule has 0 atom stereocenters. The van der Waals surface area contributed by atoms with E-state index in [4.69, 9.17) is 40.2 Å². The lowest BCUT2D eigenvalue weighted by molar-refractivity contribution is -0.384. The van der Waals surface area contributed by atoms with Crippen LogP contribution >= 0.6 is 47.2 Å². The molecule has 1 aliphatic rings. The van der Waals surface area contributed by atoms with Crippen LogP contribution in [0, 0.1) is 10.1 Å². The largest absolute Gasteiger partial charge is 0.489 e. The van der Waals surface area contributed by atoms with Crippen molar-refractivity contribution >= 4 is 74.9 Å². The molecule has 1 heterocycles. The van der Waals surface area contributed by atoms with Gasteiger partial charge in [-0.05, 0) is 59.7 Å². The summed E-state index contributed by atoms with van der Waals surface area (Å²) in [5, 5.41) is 11.6. The molecule has 6 nitrogen and oxygen atoms in total. The first-order valence-electron chi connectivity index (χ1n) is 9.51. The highest BCUT2D eigenvalue weighted by atomic mass is 35.5. The number of hydrogen-bond donors (Lipinski definition) is 0. The Hall–Kier alpha value is -2.91. The molecule has 4 rings (SSSR count). The number of thioether (sulfide) groups is 1. The predicted molar refractivity (Wildman–Crippen MR) is 136 cm³/mol. The highest BCUT2D eigenvalue weighted by Gasteiger charge is 2.34. The van der Waals surface area contributed by atoms with Crippen molar-refractivity contribution < 1.29 is 14.5 Å². The number of carbonyl (C=O) groups is 1. The van der Waals surface area contributed by atoms with Crippen LogP contribution in [0.2, 0.25) is 10.0 Å². The van der Waals surface area contributed by atoms with E-state index >= 15 is 0 Å². The molecule has 3 aromatic carbocycles. The summed E-state index contributed by atoms with van der Waals surface area (Å²) in [5.41, 5.74) is 2.07. The van der Waals surface area contributed by atoms with Crippen molar-refractivity contribution in [1.82, 2.24) is 0 Å². The van der Waals surface area contributed by atoms with Gasteiger partial charge in [0, 0.05) is 17.2 Å². The molecule has 0 bridgehead atoms. The van der Waals surface area contributed by atoms with E-state index < -0.39 is 4.92 Å². The molecule has 0 aromatic heterocycles. The number of rotatable bonds is 6. The van der Waals surface area contributed by atoms with Gasteiger partial charge in [0.1, 0.15) is 12.4 Å². The van der Waals surface area contributed by atoms with Gasteiger partial charge in [0.05, 0.1) is 20.5 Å². The zero-order chi connectivity index (χ0) is 23.5. The number of hydrogen-bond acceptors (Lipinski definition) is 6. The molecule has 0 aliphatic carbocycles. The van der Waals surface area contributed by atoms with Crippen LogP contribution in [-0.4, -0.2) is 15.2 Å². The summed E-state index contributed by atoms with van der Waals surface area (Å²) in [7, 11) is 0. The number of thiocarbonyl (C=S) groups is 1. The van der Waals surface area contributed by atoms with Crippen molar-refractivity contribution in [2.75, 3.05) is 4.90 Å². The Morgan fingerprint density at radius 2 is 1.85 bits per heavy atom. The van der Waals surface area contributed by atoms with Gasteiger partial charge < -0.3 is 4.74 Å². The minimum atomic E-state index is -0.447. The van der Waals surface area contributed by atoms with E-state index in [9.17, 15) is 14.9 Å². The fourth-order valence-electron chi connectivity index (χ4n) is 3.06. The van der Waals surface area contributed by atoms with Crippen LogP contribution in [0.5, 0.6) is 5.75 Å². The molecule has 166 valence electrons. The van der Waals surface area contributed by atoms with Gasteiger partial charge in [-0.2, -0.15) is 0 Å². The Labute approximate surface area is 208 Å². The molecule has 1 saturated heterocycles. The second-order valence-electron chi connectivity index (χ2n) is 6.90. The fraction of sp³-hybridized carbons (Fsp3) is 0.0435. The summed E-state index contributed by atoms with van der Waals surface area (Å²) < 4.78 is 6.18. The second-order valence-corrected chi connectivity index (χ2v) is 9.42. The lowest BCUT2D eigenvalue weighted by atomic mass is 10.2. The molecule has 1 fully saturated rings. The summed E-state index contributed by atoms with van der Waals surface area (Å²) in [4.78, 5) is 25.2. The maximum absolute atomic E-state index is 13.0. The van der Waals surface area contributed by atoms with E-state index in [1.807, 2.05) is 12.1 Å². The lowest BCUT2D eigenvalue weighted by Crippen LogP contribution is -2.27. The molecule has 0 N–H and O–H groups in total. The van der Waals surface area contributed by atoms with Crippen LogP contribution in [0.15, 0.2) is 71.6 Å². The zero-order valence-corrected chi connectivity index (χ0v) is 19.9. The molecule has 0 radical (unpaired) electrons. The Morgan fingerprint density at radius 3 is 2.55 bits per heavy atom. The van der Waals surface area contributed by atoms with Gasteiger partial charge in [0.2, 0.25) is 0 Å². The van der Waals surface area contributed by atoms with Gasteiger partial charge in [-0.15, -0.1) is 0 Å². The Bertz CT molecular complexity index is 1300. The maximum atomic E-state index is 13.0. The molecule has 1 amide bonds. The summed E-state index contributed by atoms with van der Waals surface area (Å²) in [5.74, 6) is 0.324. The summed E-state index contributed by atoms with van der Waals surface area (Å²) in [6, 6.07) is 18.3. The third kappa shape index (κ3) is 5.36. The number of nitrogens with zero attached hydrogens (tertiary/aromatic N) is 2. The highest BCUT2D eigenvalue weighted by molar-refractivity contribution is 8.27. The molecule has 1 aliphatic heterocycles. The van der Waals surface area contributed by atoms with Crippen LogP contribution in [0.25, 0.3) is 6.08 Å². The number of nitro benzene ring substituents is 1. The number of carbonyl (C=O) groups excluding carboxylic acids is 1. The zero-order valence-electron chi connectivity index (χ0n) is 16.7. The number of benzene rings is 3. The molecular weight excluding hydrogens is 503 g/mol. The number of ether oxygens (including phenoxy) is 1. The summed E-state index contributed by atoms with van der Waals surface area (Å²) in [6.07, 6.45) is 1.74. The quantitative estimate of drug-likeness (QED) is 0.154. The van der Waals surface area contributed by atoms with E-state index in [1.54, 1.807) is 48.5 Å². The monoisotopic (exact) mass is 516 g/mol. The smallest absolute Gasteiger partial charge is 0.270 e. The predicted octanol–water partition coefficient (Wildman–Crippen LogP) is 6.89. The number of non-ortho nitro benzene ring substituents is 1. The van der Waals surface area contributed by atoms with Crippen LogP contribution in [0.4, 0.5) is 11.4 Å². The molecule has 33 heavy (non-hydrogen) atoms. The molecule has 0 spiro atoms. The van der Waals surface area contributed by atoms with E-state index in [1.165, 1.54) is 28.8 Å². The molecule has 0 unspecified atom stereocenters. The van der Waals surface area contributed by atoms with Crippen molar-refractivity contribution in [3.63, 3.8) is 0 Å². The normalized spacial score (nSPS) is 14.7. The van der Waals surface area contributed by atoms with Gasteiger partial charge in [-0.3, -0.25) is 19.8 Å². The Balaban J connectivity index is 1.49. The van der Waals surface area contributed by atoms with E-state index in [-0.39, 0.29) is 18.2 Å². The lowest BCUT2D eigenvalue weighted by Gasteiger charge is -2.16. The first kappa shape index (κ1) is 23.3. The Kier molecular flexibility index (Phi) is 6.99. The van der Waals surface area contributed by atoms with Gasteiger partial charge >= 0.3 is 0 Å².